The Hall–Kier alpha value is -1.99. The Morgan fingerprint density at radius 2 is 1.27 bits per heavy atom. The summed E-state index contributed by atoms with van der Waals surface area (Å²) in [4.78, 5) is 59.0. The number of nitrogens with one attached hydrogen (secondary N) is 3. The molecule has 3 atom stereocenters. The third-order valence-electron chi connectivity index (χ3n) is 3.95. The second-order valence-electron chi connectivity index (χ2n) is 6.28. The van der Waals surface area contributed by atoms with Crippen LogP contribution in [0.25, 0.3) is 0 Å². The van der Waals surface area contributed by atoms with Gasteiger partial charge in [-0.2, -0.15) is 23.5 Å². The van der Waals surface area contributed by atoms with Crippen LogP contribution in [-0.4, -0.2) is 88.6 Å². The van der Waals surface area contributed by atoms with Gasteiger partial charge in [-0.15, -0.1) is 0 Å². The summed E-state index contributed by atoms with van der Waals surface area (Å²) in [5.74, 6) is -3.33. The van der Waals surface area contributed by atoms with Crippen LogP contribution in [-0.2, 0) is 24.0 Å². The van der Waals surface area contributed by atoms with Crippen LogP contribution in [0.3, 0.4) is 0 Å². The molecule has 0 aliphatic carbocycles. The van der Waals surface area contributed by atoms with Gasteiger partial charge < -0.3 is 31.9 Å². The van der Waals surface area contributed by atoms with Crippen molar-refractivity contribution in [2.45, 2.75) is 43.8 Å². The van der Waals surface area contributed by atoms with E-state index in [2.05, 4.69) is 16.0 Å². The van der Waals surface area contributed by atoms with E-state index in [1.54, 1.807) is 0 Å². The first-order valence-corrected chi connectivity index (χ1v) is 12.0. The quantitative estimate of drug-likeness (QED) is 0.162. The van der Waals surface area contributed by atoms with E-state index >= 15 is 0 Å². The maximum absolute atomic E-state index is 12.6. The van der Waals surface area contributed by atoms with Gasteiger partial charge in [0.1, 0.15) is 18.1 Å². The summed E-state index contributed by atoms with van der Waals surface area (Å²) in [6, 6.07) is -3.32. The molecule has 13 heteroatoms. The molecule has 0 aliphatic rings. The molecule has 3 amide bonds. The largest absolute Gasteiger partial charge is 0.481 e. The maximum Gasteiger partial charge on any atom is 0.326 e. The molecule has 0 saturated carbocycles. The molecule has 7 N–H and O–H groups in total. The molecule has 11 nitrogen and oxygen atoms in total. The van der Waals surface area contributed by atoms with E-state index in [1.165, 1.54) is 23.5 Å². The zero-order valence-electron chi connectivity index (χ0n) is 17.0. The number of carbonyl (C=O) groups is 5. The molecular formula is C17H30N4O7S2. The van der Waals surface area contributed by atoms with Crippen LogP contribution < -0.4 is 21.7 Å². The Labute approximate surface area is 183 Å². The lowest BCUT2D eigenvalue weighted by atomic mass is 10.1. The van der Waals surface area contributed by atoms with Gasteiger partial charge in [0.15, 0.2) is 0 Å². The van der Waals surface area contributed by atoms with Crippen molar-refractivity contribution in [2.24, 2.45) is 5.73 Å². The number of thioether (sulfide) groups is 2. The Morgan fingerprint density at radius 1 is 0.800 bits per heavy atom. The normalized spacial score (nSPS) is 13.6. The zero-order valence-corrected chi connectivity index (χ0v) is 18.6. The molecule has 0 heterocycles. The molecule has 3 unspecified atom stereocenters. The van der Waals surface area contributed by atoms with Gasteiger partial charge in [0.2, 0.25) is 17.7 Å². The highest BCUT2D eigenvalue weighted by atomic mass is 32.2. The molecule has 30 heavy (non-hydrogen) atoms. The van der Waals surface area contributed by atoms with Crippen molar-refractivity contribution >= 4 is 53.2 Å². The number of rotatable bonds is 16. The fraction of sp³-hybridized carbons (Fsp3) is 0.706. The maximum atomic E-state index is 12.6. The van der Waals surface area contributed by atoms with Crippen molar-refractivity contribution in [3.8, 4) is 0 Å². The van der Waals surface area contributed by atoms with Crippen molar-refractivity contribution < 1.29 is 34.2 Å². The number of hydrogen-bond donors (Lipinski definition) is 6. The molecule has 0 radical (unpaired) electrons. The van der Waals surface area contributed by atoms with E-state index in [0.29, 0.717) is 11.5 Å². The van der Waals surface area contributed by atoms with Crippen LogP contribution in [0.15, 0.2) is 0 Å². The van der Waals surface area contributed by atoms with Crippen LogP contribution in [0.2, 0.25) is 0 Å². The summed E-state index contributed by atoms with van der Waals surface area (Å²) in [6.07, 6.45) is 3.51. The van der Waals surface area contributed by atoms with Gasteiger partial charge in [-0.1, -0.05) is 0 Å². The van der Waals surface area contributed by atoms with Crippen molar-refractivity contribution in [3.05, 3.63) is 0 Å². The minimum absolute atomic E-state index is 0.185. The topological polar surface area (TPSA) is 188 Å². The lowest BCUT2D eigenvalue weighted by Gasteiger charge is -2.24. The number of carbonyl (C=O) groups excluding carboxylic acids is 3. The van der Waals surface area contributed by atoms with Crippen LogP contribution in [0.1, 0.15) is 25.7 Å². The monoisotopic (exact) mass is 466 g/mol. The standard InChI is InChI=1S/C17H30N4O7S2/c1-29-7-5-11(16(26)21-12(17(27)28)6-8-30-2)20-15(25)10(3-4-14(23)24)19-13(22)9-18/h10-12H,3-9,18H2,1-2H3,(H,19,22)(H,20,25)(H,21,26)(H,23,24)(H,27,28). The summed E-state index contributed by atoms with van der Waals surface area (Å²) in [5, 5.41) is 25.4. The third kappa shape index (κ3) is 11.9. The number of carboxylic acid groups (broad SMARTS) is 2. The molecule has 0 aliphatic heterocycles. The minimum Gasteiger partial charge on any atom is -0.481 e. The van der Waals surface area contributed by atoms with Crippen molar-refractivity contribution in [1.29, 1.82) is 0 Å². The highest BCUT2D eigenvalue weighted by Gasteiger charge is 2.29. The van der Waals surface area contributed by atoms with Gasteiger partial charge in [-0.3, -0.25) is 19.2 Å². The predicted octanol–water partition coefficient (Wildman–Crippen LogP) is -1.14. The van der Waals surface area contributed by atoms with Crippen LogP contribution in [0.5, 0.6) is 0 Å². The zero-order chi connectivity index (χ0) is 23.1. The Bertz CT molecular complexity index is 607. The average Bonchev–Trinajstić information content (AvgIpc) is 2.70. The molecule has 0 aromatic rings. The Morgan fingerprint density at radius 3 is 1.70 bits per heavy atom. The Kier molecular flexibility index (Phi) is 14.7. The fourth-order valence-corrected chi connectivity index (χ4v) is 3.27. The van der Waals surface area contributed by atoms with Crippen molar-refractivity contribution in [1.82, 2.24) is 16.0 Å². The summed E-state index contributed by atoms with van der Waals surface area (Å²) >= 11 is 2.88. The minimum atomic E-state index is -1.19. The Balaban J connectivity index is 5.28. The van der Waals surface area contributed by atoms with Gasteiger partial charge in [-0.25, -0.2) is 4.79 Å². The summed E-state index contributed by atoms with van der Waals surface area (Å²) in [7, 11) is 0. The van der Waals surface area contributed by atoms with Gasteiger partial charge in [0, 0.05) is 6.42 Å². The fourth-order valence-electron chi connectivity index (χ4n) is 2.33. The second kappa shape index (κ2) is 15.8. The van der Waals surface area contributed by atoms with Gasteiger partial charge in [0.25, 0.3) is 0 Å². The number of aliphatic carboxylic acids is 2. The van der Waals surface area contributed by atoms with Gasteiger partial charge in [0.05, 0.1) is 6.54 Å². The van der Waals surface area contributed by atoms with Crippen molar-refractivity contribution in [3.63, 3.8) is 0 Å². The molecule has 0 aromatic heterocycles. The number of hydrogen-bond acceptors (Lipinski definition) is 8. The smallest absolute Gasteiger partial charge is 0.326 e. The number of carboxylic acids is 2. The molecule has 0 spiro atoms. The first-order chi connectivity index (χ1) is 14.2. The van der Waals surface area contributed by atoms with E-state index in [9.17, 15) is 29.1 Å². The molecule has 172 valence electrons. The number of amides is 3. The van der Waals surface area contributed by atoms with E-state index in [1.807, 2.05) is 12.5 Å². The SMILES string of the molecule is CSCCC(NC(=O)C(CCSC)NC(=O)C(CCC(=O)O)NC(=O)CN)C(=O)O. The van der Waals surface area contributed by atoms with E-state index in [0.717, 1.165) is 0 Å². The van der Waals surface area contributed by atoms with Crippen LogP contribution in [0.4, 0.5) is 0 Å². The second-order valence-corrected chi connectivity index (χ2v) is 8.25. The first kappa shape index (κ1) is 28.0. The average molecular weight is 467 g/mol. The highest BCUT2D eigenvalue weighted by Crippen LogP contribution is 2.06. The molecular weight excluding hydrogens is 436 g/mol. The summed E-state index contributed by atoms with van der Waals surface area (Å²) in [5.41, 5.74) is 5.23. The van der Waals surface area contributed by atoms with Crippen LogP contribution in [0, 0.1) is 0 Å². The van der Waals surface area contributed by atoms with Gasteiger partial charge >= 0.3 is 11.9 Å². The first-order valence-electron chi connectivity index (χ1n) is 9.18. The highest BCUT2D eigenvalue weighted by molar-refractivity contribution is 7.98. The van der Waals surface area contributed by atoms with E-state index in [-0.39, 0.29) is 32.2 Å². The van der Waals surface area contributed by atoms with E-state index in [4.69, 9.17) is 10.8 Å². The number of nitrogens with two attached hydrogens (primary N) is 1. The van der Waals surface area contributed by atoms with Crippen LogP contribution >= 0.6 is 23.5 Å². The lowest BCUT2D eigenvalue weighted by Crippen LogP contribution is -2.56. The van der Waals surface area contributed by atoms with Gasteiger partial charge in [-0.05, 0) is 43.3 Å². The predicted molar refractivity (Wildman–Crippen MR) is 115 cm³/mol. The molecule has 0 fully saturated rings. The lowest BCUT2D eigenvalue weighted by molar-refractivity contribution is -0.142. The molecule has 0 saturated heterocycles. The molecule has 0 bridgehead atoms. The summed E-state index contributed by atoms with van der Waals surface area (Å²) < 4.78 is 0. The summed E-state index contributed by atoms with van der Waals surface area (Å²) in [6.45, 7) is -0.386. The van der Waals surface area contributed by atoms with E-state index < -0.39 is 47.8 Å². The third-order valence-corrected chi connectivity index (χ3v) is 5.24. The molecule has 0 aromatic carbocycles. The van der Waals surface area contributed by atoms with Crippen molar-refractivity contribution in [2.75, 3.05) is 30.6 Å². The molecule has 0 rings (SSSR count).